The number of hydrogen-bond donors (Lipinski definition) is 1. The summed E-state index contributed by atoms with van der Waals surface area (Å²) in [5, 5.41) is 7.29. The van der Waals surface area contributed by atoms with E-state index < -0.39 is 0 Å². The van der Waals surface area contributed by atoms with E-state index in [0.29, 0.717) is 0 Å². The fraction of sp³-hybridized carbons (Fsp3) is 0.385. The Morgan fingerprint density at radius 1 is 1.39 bits per heavy atom. The molecular weight excluding hydrogens is 228 g/mol. The Morgan fingerprint density at radius 3 is 3.06 bits per heavy atom. The largest absolute Gasteiger partial charge is 0.454 e. The lowest BCUT2D eigenvalue weighted by Crippen LogP contribution is -2.06. The second-order valence-corrected chi connectivity index (χ2v) is 4.05. The average molecular weight is 246 g/mol. The summed E-state index contributed by atoms with van der Waals surface area (Å²) in [6.07, 6.45) is 6.44. The molecule has 5 heteroatoms. The third-order valence-corrected chi connectivity index (χ3v) is 2.44. The molecule has 96 valence electrons. The fourth-order valence-corrected chi connectivity index (χ4v) is 1.68. The lowest BCUT2D eigenvalue weighted by atomic mass is 10.3. The fourth-order valence-electron chi connectivity index (χ4n) is 1.68. The van der Waals surface area contributed by atoms with Gasteiger partial charge in [-0.15, -0.1) is 0 Å². The quantitative estimate of drug-likeness (QED) is 0.849. The second kappa shape index (κ2) is 6.16. The molecule has 0 bridgehead atoms. The van der Waals surface area contributed by atoms with Crippen molar-refractivity contribution in [2.75, 3.05) is 7.05 Å². The summed E-state index contributed by atoms with van der Waals surface area (Å²) in [6.45, 7) is 3.76. The molecule has 2 aromatic heterocycles. The van der Waals surface area contributed by atoms with Crippen LogP contribution in [0.5, 0.6) is 11.5 Å². The SMILES string of the molecule is CCCn1cc(Oc2ccnc(CNC)c2)cn1. The number of hydrogen-bond acceptors (Lipinski definition) is 4. The molecular formula is C13H18N4O. The highest BCUT2D eigenvalue weighted by atomic mass is 16.5. The van der Waals surface area contributed by atoms with E-state index in [1.54, 1.807) is 12.4 Å². The zero-order chi connectivity index (χ0) is 12.8. The van der Waals surface area contributed by atoms with Gasteiger partial charge in [-0.2, -0.15) is 5.10 Å². The zero-order valence-electron chi connectivity index (χ0n) is 10.8. The van der Waals surface area contributed by atoms with Gasteiger partial charge in [0.25, 0.3) is 0 Å². The van der Waals surface area contributed by atoms with E-state index in [4.69, 9.17) is 4.74 Å². The summed E-state index contributed by atoms with van der Waals surface area (Å²) in [5.41, 5.74) is 0.955. The van der Waals surface area contributed by atoms with Crippen molar-refractivity contribution in [3.8, 4) is 11.5 Å². The Balaban J connectivity index is 2.05. The summed E-state index contributed by atoms with van der Waals surface area (Å²) >= 11 is 0. The van der Waals surface area contributed by atoms with Crippen LogP contribution in [0.4, 0.5) is 0 Å². The molecule has 5 nitrogen and oxygen atoms in total. The predicted octanol–water partition coefficient (Wildman–Crippen LogP) is 2.20. The molecule has 0 amide bonds. The molecule has 18 heavy (non-hydrogen) atoms. The maximum Gasteiger partial charge on any atom is 0.165 e. The summed E-state index contributed by atoms with van der Waals surface area (Å²) in [4.78, 5) is 4.24. The maximum absolute atomic E-state index is 5.74. The Bertz CT molecular complexity index is 495. The van der Waals surface area contributed by atoms with Gasteiger partial charge in [0.15, 0.2) is 5.75 Å². The van der Waals surface area contributed by atoms with Gasteiger partial charge in [-0.05, 0) is 19.5 Å². The first-order chi connectivity index (χ1) is 8.81. The number of aromatic nitrogens is 3. The van der Waals surface area contributed by atoms with Gasteiger partial charge in [0, 0.05) is 25.4 Å². The van der Waals surface area contributed by atoms with Gasteiger partial charge in [0.1, 0.15) is 5.75 Å². The summed E-state index contributed by atoms with van der Waals surface area (Å²) in [5.74, 6) is 1.54. The Morgan fingerprint density at radius 2 is 2.28 bits per heavy atom. The van der Waals surface area contributed by atoms with Crippen LogP contribution in [0.15, 0.2) is 30.7 Å². The maximum atomic E-state index is 5.74. The molecule has 0 radical (unpaired) electrons. The van der Waals surface area contributed by atoms with Crippen molar-refractivity contribution >= 4 is 0 Å². The van der Waals surface area contributed by atoms with Crippen molar-refractivity contribution in [2.45, 2.75) is 26.4 Å². The minimum atomic E-state index is 0.728. The van der Waals surface area contributed by atoms with Crippen molar-refractivity contribution < 1.29 is 4.74 Å². The average Bonchev–Trinajstić information content (AvgIpc) is 2.78. The Kier molecular flexibility index (Phi) is 4.30. The molecule has 0 saturated heterocycles. The lowest BCUT2D eigenvalue weighted by Gasteiger charge is -2.04. The summed E-state index contributed by atoms with van der Waals surface area (Å²) in [6, 6.07) is 3.77. The van der Waals surface area contributed by atoms with Crippen LogP contribution in [0.3, 0.4) is 0 Å². The third kappa shape index (κ3) is 3.30. The molecule has 2 aromatic rings. The Labute approximate surface area is 107 Å². The molecule has 0 aliphatic heterocycles. The number of nitrogens with zero attached hydrogens (tertiary/aromatic N) is 3. The predicted molar refractivity (Wildman–Crippen MR) is 69.6 cm³/mol. The number of nitrogens with one attached hydrogen (secondary N) is 1. The van der Waals surface area contributed by atoms with Crippen LogP contribution in [0.25, 0.3) is 0 Å². The minimum absolute atomic E-state index is 0.728. The van der Waals surface area contributed by atoms with Crippen molar-refractivity contribution in [3.63, 3.8) is 0 Å². The minimum Gasteiger partial charge on any atom is -0.454 e. The van der Waals surface area contributed by atoms with E-state index in [9.17, 15) is 0 Å². The van der Waals surface area contributed by atoms with Gasteiger partial charge in [-0.3, -0.25) is 9.67 Å². The molecule has 0 aliphatic carbocycles. The first-order valence-electron chi connectivity index (χ1n) is 6.11. The van der Waals surface area contributed by atoms with Gasteiger partial charge in [0.2, 0.25) is 0 Å². The molecule has 0 saturated carbocycles. The monoisotopic (exact) mass is 246 g/mol. The van der Waals surface area contributed by atoms with Crippen LogP contribution >= 0.6 is 0 Å². The molecule has 2 heterocycles. The van der Waals surface area contributed by atoms with Crippen molar-refractivity contribution in [3.05, 3.63) is 36.4 Å². The molecule has 2 rings (SSSR count). The summed E-state index contributed by atoms with van der Waals surface area (Å²) < 4.78 is 7.62. The van der Waals surface area contributed by atoms with Gasteiger partial charge in [-0.25, -0.2) is 0 Å². The second-order valence-electron chi connectivity index (χ2n) is 4.05. The number of rotatable bonds is 6. The zero-order valence-corrected chi connectivity index (χ0v) is 10.8. The molecule has 0 aliphatic rings. The first kappa shape index (κ1) is 12.6. The van der Waals surface area contributed by atoms with E-state index in [-0.39, 0.29) is 0 Å². The van der Waals surface area contributed by atoms with E-state index in [1.807, 2.05) is 30.1 Å². The molecule has 0 atom stereocenters. The highest BCUT2D eigenvalue weighted by Crippen LogP contribution is 2.20. The van der Waals surface area contributed by atoms with Crippen molar-refractivity contribution in [1.29, 1.82) is 0 Å². The standard InChI is InChI=1S/C13H18N4O/c1-3-6-17-10-13(9-16-17)18-12-4-5-15-11(7-12)8-14-2/h4-5,7,9-10,14H,3,6,8H2,1-2H3. The van der Waals surface area contributed by atoms with E-state index in [0.717, 1.165) is 36.7 Å². The lowest BCUT2D eigenvalue weighted by molar-refractivity contribution is 0.478. The third-order valence-electron chi connectivity index (χ3n) is 2.44. The molecule has 0 aromatic carbocycles. The van der Waals surface area contributed by atoms with Gasteiger partial charge in [0.05, 0.1) is 18.1 Å². The van der Waals surface area contributed by atoms with E-state index >= 15 is 0 Å². The molecule has 0 fully saturated rings. The summed E-state index contributed by atoms with van der Waals surface area (Å²) in [7, 11) is 1.89. The van der Waals surface area contributed by atoms with Gasteiger partial charge < -0.3 is 10.1 Å². The van der Waals surface area contributed by atoms with E-state index in [1.165, 1.54) is 0 Å². The van der Waals surface area contributed by atoms with E-state index in [2.05, 4.69) is 22.3 Å². The van der Waals surface area contributed by atoms with Crippen LogP contribution in [-0.4, -0.2) is 21.8 Å². The Hall–Kier alpha value is -1.88. The smallest absolute Gasteiger partial charge is 0.165 e. The van der Waals surface area contributed by atoms with Crippen molar-refractivity contribution in [1.82, 2.24) is 20.1 Å². The normalized spacial score (nSPS) is 10.6. The first-order valence-corrected chi connectivity index (χ1v) is 6.11. The van der Waals surface area contributed by atoms with Crippen LogP contribution in [0, 0.1) is 0 Å². The van der Waals surface area contributed by atoms with Gasteiger partial charge in [-0.1, -0.05) is 6.92 Å². The number of aryl methyl sites for hydroxylation is 1. The molecule has 1 N–H and O–H groups in total. The van der Waals surface area contributed by atoms with Gasteiger partial charge >= 0.3 is 0 Å². The topological polar surface area (TPSA) is 52.0 Å². The number of ether oxygens (including phenoxy) is 1. The molecule has 0 unspecified atom stereocenters. The van der Waals surface area contributed by atoms with Crippen LogP contribution < -0.4 is 10.1 Å². The highest BCUT2D eigenvalue weighted by Gasteiger charge is 2.02. The van der Waals surface area contributed by atoms with Crippen LogP contribution in [0.2, 0.25) is 0 Å². The highest BCUT2D eigenvalue weighted by molar-refractivity contribution is 5.28. The molecule has 0 spiro atoms. The van der Waals surface area contributed by atoms with Crippen LogP contribution in [0.1, 0.15) is 19.0 Å². The number of pyridine rings is 1. The van der Waals surface area contributed by atoms with Crippen LogP contribution in [-0.2, 0) is 13.1 Å². The van der Waals surface area contributed by atoms with Crippen molar-refractivity contribution in [2.24, 2.45) is 0 Å².